The minimum Gasteiger partial charge on any atom is -0.372 e. The van der Waals surface area contributed by atoms with Gasteiger partial charge in [0.25, 0.3) is 0 Å². The summed E-state index contributed by atoms with van der Waals surface area (Å²) in [5.74, 6) is 0. The van der Waals surface area contributed by atoms with Crippen molar-refractivity contribution in [1.29, 1.82) is 0 Å². The molecule has 1 aliphatic rings. The maximum atomic E-state index is 6.00. The number of anilines is 1. The molecular weight excluding hydrogens is 232 g/mol. The van der Waals surface area contributed by atoms with Crippen molar-refractivity contribution in [1.82, 2.24) is 0 Å². The van der Waals surface area contributed by atoms with Gasteiger partial charge in [0.15, 0.2) is 0 Å². The molecule has 1 aliphatic heterocycles. The standard InChI is InChI=1S/C14H17ClN2/c1-11(15)13-10-12(6-7-14(13)16-2)17-8-4-3-5-9-17/h6-7,10H,1-5,8-9H2. The van der Waals surface area contributed by atoms with Crippen LogP contribution in [0.15, 0.2) is 29.8 Å². The van der Waals surface area contributed by atoms with Gasteiger partial charge >= 0.3 is 0 Å². The third-order valence-electron chi connectivity index (χ3n) is 3.16. The smallest absolute Gasteiger partial charge is 0.0710 e. The molecule has 0 radical (unpaired) electrons. The number of nitrogens with zero attached hydrogens (tertiary/aromatic N) is 2. The largest absolute Gasteiger partial charge is 0.372 e. The van der Waals surface area contributed by atoms with E-state index in [2.05, 4.69) is 35.3 Å². The number of rotatable bonds is 3. The number of hydrogen-bond acceptors (Lipinski definition) is 2. The molecule has 0 aromatic heterocycles. The average Bonchev–Trinajstić information content (AvgIpc) is 2.39. The van der Waals surface area contributed by atoms with Gasteiger partial charge in [-0.1, -0.05) is 18.2 Å². The summed E-state index contributed by atoms with van der Waals surface area (Å²) in [7, 11) is 0. The van der Waals surface area contributed by atoms with Crippen molar-refractivity contribution in [2.24, 2.45) is 4.99 Å². The molecule has 1 aromatic rings. The summed E-state index contributed by atoms with van der Waals surface area (Å²) in [4.78, 5) is 6.35. The highest BCUT2D eigenvalue weighted by molar-refractivity contribution is 6.48. The molecule has 0 aliphatic carbocycles. The van der Waals surface area contributed by atoms with Crippen LogP contribution in [0.3, 0.4) is 0 Å². The Morgan fingerprint density at radius 1 is 1.24 bits per heavy atom. The van der Waals surface area contributed by atoms with Crippen molar-refractivity contribution in [2.75, 3.05) is 18.0 Å². The predicted molar refractivity (Wildman–Crippen MR) is 76.6 cm³/mol. The van der Waals surface area contributed by atoms with Gasteiger partial charge in [-0.25, -0.2) is 0 Å². The van der Waals surface area contributed by atoms with Crippen molar-refractivity contribution < 1.29 is 0 Å². The molecule has 0 bridgehead atoms. The van der Waals surface area contributed by atoms with Crippen LogP contribution in [0.2, 0.25) is 0 Å². The number of benzene rings is 1. The molecule has 0 saturated carbocycles. The van der Waals surface area contributed by atoms with Crippen LogP contribution in [0, 0.1) is 0 Å². The summed E-state index contributed by atoms with van der Waals surface area (Å²) >= 11 is 6.00. The fraction of sp³-hybridized carbons (Fsp3) is 0.357. The van der Waals surface area contributed by atoms with Crippen LogP contribution < -0.4 is 4.90 Å². The van der Waals surface area contributed by atoms with Gasteiger partial charge in [-0.15, -0.1) is 0 Å². The maximum absolute atomic E-state index is 6.00. The zero-order valence-corrected chi connectivity index (χ0v) is 10.7. The Kier molecular flexibility index (Phi) is 3.85. The molecule has 0 N–H and O–H groups in total. The molecule has 0 atom stereocenters. The normalized spacial score (nSPS) is 15.7. The molecule has 17 heavy (non-hydrogen) atoms. The SMILES string of the molecule is C=Nc1ccc(N2CCCCC2)cc1C(=C)Cl. The van der Waals surface area contributed by atoms with Crippen LogP contribution in [0.4, 0.5) is 11.4 Å². The summed E-state index contributed by atoms with van der Waals surface area (Å²) in [6.45, 7) is 9.57. The summed E-state index contributed by atoms with van der Waals surface area (Å²) in [6, 6.07) is 6.10. The maximum Gasteiger partial charge on any atom is 0.0710 e. The Hall–Kier alpha value is -1.28. The lowest BCUT2D eigenvalue weighted by Crippen LogP contribution is -2.29. The van der Waals surface area contributed by atoms with E-state index in [1.54, 1.807) is 0 Å². The average molecular weight is 249 g/mol. The minimum absolute atomic E-state index is 0.520. The molecule has 0 spiro atoms. The van der Waals surface area contributed by atoms with Gasteiger partial charge in [-0.3, -0.25) is 4.99 Å². The van der Waals surface area contributed by atoms with Crippen molar-refractivity contribution in [3.8, 4) is 0 Å². The number of hydrogen-bond donors (Lipinski definition) is 0. The third kappa shape index (κ3) is 2.70. The van der Waals surface area contributed by atoms with Crippen LogP contribution in [0.25, 0.3) is 5.03 Å². The van der Waals surface area contributed by atoms with Gasteiger partial charge in [-0.2, -0.15) is 0 Å². The van der Waals surface area contributed by atoms with Crippen molar-refractivity contribution in [3.05, 3.63) is 30.3 Å². The second-order valence-electron chi connectivity index (χ2n) is 4.31. The molecule has 0 amide bonds. The lowest BCUT2D eigenvalue weighted by molar-refractivity contribution is 0.578. The first-order valence-electron chi connectivity index (χ1n) is 5.93. The second kappa shape index (κ2) is 5.37. The van der Waals surface area contributed by atoms with E-state index >= 15 is 0 Å². The first-order valence-corrected chi connectivity index (χ1v) is 6.30. The molecule has 1 fully saturated rings. The van der Waals surface area contributed by atoms with Crippen molar-refractivity contribution >= 4 is 34.7 Å². The van der Waals surface area contributed by atoms with E-state index in [-0.39, 0.29) is 0 Å². The minimum atomic E-state index is 0.520. The second-order valence-corrected chi connectivity index (χ2v) is 4.77. The van der Waals surface area contributed by atoms with Gasteiger partial charge in [0.1, 0.15) is 0 Å². The van der Waals surface area contributed by atoms with E-state index in [4.69, 9.17) is 11.6 Å². The van der Waals surface area contributed by atoms with Gasteiger partial charge < -0.3 is 4.90 Å². The Bertz CT molecular complexity index is 434. The molecule has 1 heterocycles. The first kappa shape index (κ1) is 12.2. The molecule has 90 valence electrons. The Morgan fingerprint density at radius 3 is 2.53 bits per heavy atom. The molecule has 1 saturated heterocycles. The summed E-state index contributed by atoms with van der Waals surface area (Å²) < 4.78 is 0. The predicted octanol–water partition coefficient (Wildman–Crippen LogP) is 4.22. The summed E-state index contributed by atoms with van der Waals surface area (Å²) in [5, 5.41) is 0.520. The molecule has 0 unspecified atom stereocenters. The fourth-order valence-corrected chi connectivity index (χ4v) is 2.38. The van der Waals surface area contributed by atoms with Gasteiger partial charge in [0.05, 0.1) is 5.69 Å². The topological polar surface area (TPSA) is 15.6 Å². The molecule has 2 nitrogen and oxygen atoms in total. The van der Waals surface area contributed by atoms with E-state index in [1.807, 2.05) is 6.07 Å². The molecular formula is C14H17ClN2. The highest BCUT2D eigenvalue weighted by Gasteiger charge is 2.13. The summed E-state index contributed by atoms with van der Waals surface area (Å²) in [6.07, 6.45) is 3.86. The van der Waals surface area contributed by atoms with Gasteiger partial charge in [-0.05, 0) is 44.2 Å². The lowest BCUT2D eigenvalue weighted by atomic mass is 10.1. The number of piperidine rings is 1. The quantitative estimate of drug-likeness (QED) is 0.732. The number of aliphatic imine (C=N–C) groups is 1. The van der Waals surface area contributed by atoms with Crippen LogP contribution in [-0.2, 0) is 0 Å². The molecule has 1 aromatic carbocycles. The van der Waals surface area contributed by atoms with Crippen LogP contribution in [0.5, 0.6) is 0 Å². The van der Waals surface area contributed by atoms with E-state index < -0.39 is 0 Å². The van der Waals surface area contributed by atoms with Crippen LogP contribution in [0.1, 0.15) is 24.8 Å². The van der Waals surface area contributed by atoms with Crippen LogP contribution >= 0.6 is 11.6 Å². The molecule has 2 rings (SSSR count). The third-order valence-corrected chi connectivity index (χ3v) is 3.37. The Labute approximate surface area is 108 Å². The van der Waals surface area contributed by atoms with Crippen molar-refractivity contribution in [3.63, 3.8) is 0 Å². The highest BCUT2D eigenvalue weighted by Crippen LogP contribution is 2.32. The van der Waals surface area contributed by atoms with E-state index in [0.717, 1.165) is 24.3 Å². The number of halogens is 1. The van der Waals surface area contributed by atoms with E-state index in [9.17, 15) is 0 Å². The Balaban J connectivity index is 2.32. The zero-order valence-electron chi connectivity index (χ0n) is 9.95. The van der Waals surface area contributed by atoms with Gasteiger partial charge in [0, 0.05) is 29.4 Å². The van der Waals surface area contributed by atoms with E-state index in [1.165, 1.54) is 24.9 Å². The zero-order chi connectivity index (χ0) is 12.3. The van der Waals surface area contributed by atoms with Gasteiger partial charge in [0.2, 0.25) is 0 Å². The Morgan fingerprint density at radius 2 is 1.94 bits per heavy atom. The van der Waals surface area contributed by atoms with Crippen molar-refractivity contribution in [2.45, 2.75) is 19.3 Å². The first-order chi connectivity index (χ1) is 8.22. The monoisotopic (exact) mass is 248 g/mol. The molecule has 3 heteroatoms. The van der Waals surface area contributed by atoms with E-state index in [0.29, 0.717) is 5.03 Å². The lowest BCUT2D eigenvalue weighted by Gasteiger charge is -2.29. The van der Waals surface area contributed by atoms with Crippen LogP contribution in [-0.4, -0.2) is 19.8 Å². The summed E-state index contributed by atoms with van der Waals surface area (Å²) in [5.41, 5.74) is 2.88. The fourth-order valence-electron chi connectivity index (χ4n) is 2.23. The highest BCUT2D eigenvalue weighted by atomic mass is 35.5.